The summed E-state index contributed by atoms with van der Waals surface area (Å²) in [6, 6.07) is 7.90. The number of halogens is 1. The largest absolute Gasteiger partial charge is 0.327 e. The number of aromatic nitrogens is 2. The zero-order valence-corrected chi connectivity index (χ0v) is 10.2. The van der Waals surface area contributed by atoms with Crippen LogP contribution in [-0.4, -0.2) is 9.55 Å². The van der Waals surface area contributed by atoms with Crippen molar-refractivity contribution in [3.05, 3.63) is 41.2 Å². The summed E-state index contributed by atoms with van der Waals surface area (Å²) in [5, 5.41) is 0.736. The second-order valence-electron chi connectivity index (χ2n) is 4.39. The number of rotatable bonds is 1. The fourth-order valence-corrected chi connectivity index (χ4v) is 2.61. The predicted octanol–water partition coefficient (Wildman–Crippen LogP) is 3.00. The highest BCUT2D eigenvalue weighted by molar-refractivity contribution is 6.33. The topological polar surface area (TPSA) is 43.8 Å². The Morgan fingerprint density at radius 3 is 3.00 bits per heavy atom. The summed E-state index contributed by atoms with van der Waals surface area (Å²) in [5.41, 5.74) is 8.18. The lowest BCUT2D eigenvalue weighted by molar-refractivity contribution is 0.466. The van der Waals surface area contributed by atoms with Gasteiger partial charge in [-0.1, -0.05) is 23.7 Å². The highest BCUT2D eigenvalue weighted by atomic mass is 35.5. The van der Waals surface area contributed by atoms with E-state index in [1.165, 1.54) is 0 Å². The Morgan fingerprint density at radius 1 is 1.35 bits per heavy atom. The van der Waals surface area contributed by atoms with Crippen molar-refractivity contribution in [3.63, 3.8) is 0 Å². The fourth-order valence-electron chi connectivity index (χ4n) is 2.39. The lowest BCUT2D eigenvalue weighted by atomic mass is 10.1. The minimum atomic E-state index is 0.104. The molecule has 1 aromatic heterocycles. The molecule has 1 atom stereocenters. The smallest absolute Gasteiger partial charge is 0.141 e. The Kier molecular flexibility index (Phi) is 2.65. The van der Waals surface area contributed by atoms with Crippen LogP contribution in [0.25, 0.3) is 11.4 Å². The second-order valence-corrected chi connectivity index (χ2v) is 4.79. The maximum atomic E-state index is 6.21. The van der Waals surface area contributed by atoms with E-state index in [1.54, 1.807) is 0 Å². The van der Waals surface area contributed by atoms with Crippen LogP contribution in [0.3, 0.4) is 0 Å². The molecule has 1 aliphatic heterocycles. The Balaban J connectivity index is 2.14. The molecule has 2 heterocycles. The Morgan fingerprint density at radius 2 is 2.18 bits per heavy atom. The quantitative estimate of drug-likeness (QED) is 0.842. The van der Waals surface area contributed by atoms with Crippen molar-refractivity contribution in [3.8, 4) is 11.4 Å². The van der Waals surface area contributed by atoms with Gasteiger partial charge in [0.05, 0.1) is 16.9 Å². The molecule has 0 bridgehead atoms. The third-order valence-corrected chi connectivity index (χ3v) is 3.61. The molecule has 0 spiro atoms. The molecular weight excluding hydrogens is 234 g/mol. The number of nitrogens with two attached hydrogens (primary N) is 1. The monoisotopic (exact) mass is 247 g/mol. The first-order chi connectivity index (χ1) is 8.27. The molecule has 0 amide bonds. The third-order valence-electron chi connectivity index (χ3n) is 3.28. The molecule has 1 unspecified atom stereocenters. The van der Waals surface area contributed by atoms with E-state index in [0.717, 1.165) is 41.5 Å². The molecule has 0 radical (unpaired) electrons. The maximum absolute atomic E-state index is 6.21. The van der Waals surface area contributed by atoms with Gasteiger partial charge in [-0.05, 0) is 25.0 Å². The zero-order chi connectivity index (χ0) is 11.8. The van der Waals surface area contributed by atoms with E-state index >= 15 is 0 Å². The number of nitrogens with zero attached hydrogens (tertiary/aromatic N) is 2. The van der Waals surface area contributed by atoms with Gasteiger partial charge in [0.25, 0.3) is 0 Å². The van der Waals surface area contributed by atoms with Gasteiger partial charge in [-0.2, -0.15) is 0 Å². The Bertz CT molecular complexity index is 547. The van der Waals surface area contributed by atoms with Crippen molar-refractivity contribution >= 4 is 11.6 Å². The van der Waals surface area contributed by atoms with Gasteiger partial charge in [0.1, 0.15) is 5.82 Å². The van der Waals surface area contributed by atoms with Gasteiger partial charge in [-0.25, -0.2) is 4.98 Å². The molecule has 4 heteroatoms. The van der Waals surface area contributed by atoms with E-state index in [1.807, 2.05) is 30.5 Å². The van der Waals surface area contributed by atoms with Crippen LogP contribution < -0.4 is 5.73 Å². The summed E-state index contributed by atoms with van der Waals surface area (Å²) in [5.74, 6) is 0.931. The summed E-state index contributed by atoms with van der Waals surface area (Å²) in [6.45, 7) is 0.976. The SMILES string of the molecule is NC1CCCn2c1cnc2-c1ccccc1Cl. The second kappa shape index (κ2) is 4.17. The first-order valence-corrected chi connectivity index (χ1v) is 6.21. The molecule has 0 fully saturated rings. The van der Waals surface area contributed by atoms with Gasteiger partial charge in [-0.15, -0.1) is 0 Å². The predicted molar refractivity (Wildman–Crippen MR) is 68.8 cm³/mol. The van der Waals surface area contributed by atoms with Crippen molar-refractivity contribution in [2.75, 3.05) is 0 Å². The molecule has 17 heavy (non-hydrogen) atoms. The number of hydrogen-bond acceptors (Lipinski definition) is 2. The first-order valence-electron chi connectivity index (χ1n) is 5.83. The summed E-state index contributed by atoms with van der Waals surface area (Å²) in [7, 11) is 0. The van der Waals surface area contributed by atoms with Crippen molar-refractivity contribution in [1.29, 1.82) is 0 Å². The lowest BCUT2D eigenvalue weighted by Gasteiger charge is -2.22. The number of hydrogen-bond donors (Lipinski definition) is 1. The number of benzene rings is 1. The highest BCUT2D eigenvalue weighted by Crippen LogP contribution is 2.32. The summed E-state index contributed by atoms with van der Waals surface area (Å²) < 4.78 is 2.19. The number of imidazole rings is 1. The van der Waals surface area contributed by atoms with E-state index in [2.05, 4.69) is 9.55 Å². The van der Waals surface area contributed by atoms with Crippen molar-refractivity contribution in [2.24, 2.45) is 5.73 Å². The standard InChI is InChI=1S/C13H14ClN3/c14-10-5-2-1-4-9(10)13-16-8-12-11(15)6-3-7-17(12)13/h1-2,4-5,8,11H,3,6-7,15H2. The average molecular weight is 248 g/mol. The van der Waals surface area contributed by atoms with Gasteiger partial charge < -0.3 is 10.3 Å². The molecular formula is C13H14ClN3. The van der Waals surface area contributed by atoms with E-state index in [0.29, 0.717) is 0 Å². The molecule has 2 N–H and O–H groups in total. The summed E-state index contributed by atoms with van der Waals surface area (Å²) in [6.07, 6.45) is 4.01. The van der Waals surface area contributed by atoms with Crippen LogP contribution >= 0.6 is 11.6 Å². The first kappa shape index (κ1) is 10.8. The minimum Gasteiger partial charge on any atom is -0.327 e. The molecule has 2 aromatic rings. The van der Waals surface area contributed by atoms with Crippen LogP contribution in [0.1, 0.15) is 24.6 Å². The average Bonchev–Trinajstić information content (AvgIpc) is 2.75. The van der Waals surface area contributed by atoms with E-state index in [9.17, 15) is 0 Å². The molecule has 1 aliphatic rings. The summed E-state index contributed by atoms with van der Waals surface area (Å²) >= 11 is 6.21. The van der Waals surface area contributed by atoms with E-state index in [-0.39, 0.29) is 6.04 Å². The molecule has 3 nitrogen and oxygen atoms in total. The maximum Gasteiger partial charge on any atom is 0.141 e. The molecule has 0 aliphatic carbocycles. The van der Waals surface area contributed by atoms with Crippen molar-refractivity contribution in [1.82, 2.24) is 9.55 Å². The van der Waals surface area contributed by atoms with E-state index < -0.39 is 0 Å². The van der Waals surface area contributed by atoms with Crippen LogP contribution in [0.2, 0.25) is 5.02 Å². The Labute approximate surface area is 105 Å². The molecule has 88 valence electrons. The molecule has 1 aromatic carbocycles. The van der Waals surface area contributed by atoms with E-state index in [4.69, 9.17) is 17.3 Å². The molecule has 0 saturated carbocycles. The highest BCUT2D eigenvalue weighted by Gasteiger charge is 2.21. The van der Waals surface area contributed by atoms with Gasteiger partial charge >= 0.3 is 0 Å². The van der Waals surface area contributed by atoms with Crippen molar-refractivity contribution in [2.45, 2.75) is 25.4 Å². The van der Waals surface area contributed by atoms with Crippen molar-refractivity contribution < 1.29 is 0 Å². The molecule has 3 rings (SSSR count). The van der Waals surface area contributed by atoms with Gasteiger partial charge in [0, 0.05) is 18.2 Å². The fraction of sp³-hybridized carbons (Fsp3) is 0.308. The van der Waals surface area contributed by atoms with Crippen LogP contribution in [-0.2, 0) is 6.54 Å². The number of fused-ring (bicyclic) bond motifs is 1. The van der Waals surface area contributed by atoms with Gasteiger partial charge in [-0.3, -0.25) is 0 Å². The van der Waals surface area contributed by atoms with Gasteiger partial charge in [0.2, 0.25) is 0 Å². The van der Waals surface area contributed by atoms with Crippen LogP contribution in [0.5, 0.6) is 0 Å². The third kappa shape index (κ3) is 1.75. The van der Waals surface area contributed by atoms with Gasteiger partial charge in [0.15, 0.2) is 0 Å². The lowest BCUT2D eigenvalue weighted by Crippen LogP contribution is -2.21. The normalized spacial score (nSPS) is 19.1. The minimum absolute atomic E-state index is 0.104. The molecule has 0 saturated heterocycles. The van der Waals surface area contributed by atoms with Crippen LogP contribution in [0.4, 0.5) is 0 Å². The van der Waals surface area contributed by atoms with Crippen LogP contribution in [0, 0.1) is 0 Å². The Hall–Kier alpha value is -1.32. The van der Waals surface area contributed by atoms with Crippen LogP contribution in [0.15, 0.2) is 30.5 Å². The zero-order valence-electron chi connectivity index (χ0n) is 9.44. The summed E-state index contributed by atoms with van der Waals surface area (Å²) in [4.78, 5) is 4.48.